The second-order valence-corrected chi connectivity index (χ2v) is 9.46. The average molecular weight is 380 g/mol. The summed E-state index contributed by atoms with van der Waals surface area (Å²) in [5, 5.41) is 3.33. The van der Waals surface area contributed by atoms with Crippen LogP contribution < -0.4 is 5.32 Å². The van der Waals surface area contributed by atoms with Crippen molar-refractivity contribution in [3.05, 3.63) is 40.4 Å². The maximum absolute atomic E-state index is 12.8. The number of anilines is 1. The van der Waals surface area contributed by atoms with E-state index in [9.17, 15) is 13.2 Å². The van der Waals surface area contributed by atoms with Crippen molar-refractivity contribution in [1.82, 2.24) is 9.29 Å². The Labute approximate surface area is 151 Å². The van der Waals surface area contributed by atoms with Crippen LogP contribution in [0.25, 0.3) is 0 Å². The smallest absolute Gasteiger partial charge is 0.243 e. The Hall–Kier alpha value is -1.77. The van der Waals surface area contributed by atoms with Crippen LogP contribution in [0.2, 0.25) is 0 Å². The number of thiazole rings is 1. The standard InChI is InChI=1S/C17H21N3O3S2/c1-11(2)16(21)19-17-18-14-8-9-20(10-15(14)24-17)25(22,23)13-6-4-12(3)5-7-13/h4-7,11H,8-10H2,1-3H3,(H,18,19,21). The number of hydrogen-bond acceptors (Lipinski definition) is 5. The third-order valence-electron chi connectivity index (χ3n) is 4.11. The number of nitrogens with zero attached hydrogens (tertiary/aromatic N) is 2. The van der Waals surface area contributed by atoms with Crippen molar-refractivity contribution in [3.63, 3.8) is 0 Å². The van der Waals surface area contributed by atoms with Crippen LogP contribution in [0.3, 0.4) is 0 Å². The van der Waals surface area contributed by atoms with Crippen molar-refractivity contribution in [2.45, 2.75) is 38.6 Å². The van der Waals surface area contributed by atoms with Crippen molar-refractivity contribution < 1.29 is 13.2 Å². The Morgan fingerprint density at radius 2 is 1.96 bits per heavy atom. The second kappa shape index (κ2) is 6.86. The molecule has 8 heteroatoms. The van der Waals surface area contributed by atoms with Crippen molar-refractivity contribution >= 4 is 32.4 Å². The lowest BCUT2D eigenvalue weighted by molar-refractivity contribution is -0.118. The molecule has 2 aromatic rings. The number of carbonyl (C=O) groups excluding carboxylic acids is 1. The van der Waals surface area contributed by atoms with Gasteiger partial charge >= 0.3 is 0 Å². The maximum Gasteiger partial charge on any atom is 0.243 e. The normalized spacial score (nSPS) is 15.2. The Morgan fingerprint density at radius 1 is 1.28 bits per heavy atom. The number of fused-ring (bicyclic) bond motifs is 1. The summed E-state index contributed by atoms with van der Waals surface area (Å²) in [6.45, 7) is 6.25. The molecule has 25 heavy (non-hydrogen) atoms. The molecule has 1 aliphatic rings. The molecule has 2 heterocycles. The fourth-order valence-corrected chi connectivity index (χ4v) is 5.06. The molecule has 0 unspecified atom stereocenters. The summed E-state index contributed by atoms with van der Waals surface area (Å²) >= 11 is 1.35. The van der Waals surface area contributed by atoms with Crippen LogP contribution in [0, 0.1) is 12.8 Å². The van der Waals surface area contributed by atoms with Gasteiger partial charge in [-0.25, -0.2) is 13.4 Å². The van der Waals surface area contributed by atoms with Gasteiger partial charge in [-0.3, -0.25) is 4.79 Å². The number of amides is 1. The number of aromatic nitrogens is 1. The quantitative estimate of drug-likeness (QED) is 0.886. The zero-order valence-corrected chi connectivity index (χ0v) is 16.1. The van der Waals surface area contributed by atoms with E-state index in [-0.39, 0.29) is 11.8 Å². The molecule has 0 radical (unpaired) electrons. The van der Waals surface area contributed by atoms with Gasteiger partial charge in [-0.15, -0.1) is 11.3 Å². The predicted octanol–water partition coefficient (Wildman–Crippen LogP) is 2.79. The number of aryl methyl sites for hydroxylation is 1. The lowest BCUT2D eigenvalue weighted by atomic mass is 10.2. The fourth-order valence-electron chi connectivity index (χ4n) is 2.54. The first kappa shape index (κ1) is 18.0. The van der Waals surface area contributed by atoms with Gasteiger partial charge in [-0.1, -0.05) is 31.5 Å². The average Bonchev–Trinajstić information content (AvgIpc) is 2.96. The van der Waals surface area contributed by atoms with Crippen LogP contribution in [-0.2, 0) is 27.8 Å². The molecule has 0 spiro atoms. The zero-order chi connectivity index (χ0) is 18.2. The van der Waals surface area contributed by atoms with Gasteiger partial charge in [0.1, 0.15) is 0 Å². The third-order valence-corrected chi connectivity index (χ3v) is 6.97. The number of sulfonamides is 1. The number of nitrogens with one attached hydrogen (secondary N) is 1. The molecule has 0 aliphatic carbocycles. The minimum atomic E-state index is -3.52. The van der Waals surface area contributed by atoms with E-state index in [0.717, 1.165) is 16.1 Å². The Kier molecular flexibility index (Phi) is 4.95. The van der Waals surface area contributed by atoms with Crippen LogP contribution in [-0.4, -0.2) is 30.2 Å². The molecule has 0 saturated carbocycles. The highest BCUT2D eigenvalue weighted by atomic mass is 32.2. The Bertz CT molecular complexity index is 886. The Balaban J connectivity index is 1.80. The molecule has 1 aromatic carbocycles. The van der Waals surface area contributed by atoms with E-state index in [0.29, 0.717) is 29.5 Å². The molecule has 6 nitrogen and oxygen atoms in total. The summed E-state index contributed by atoms with van der Waals surface area (Å²) in [5.41, 5.74) is 1.90. The van der Waals surface area contributed by atoms with Gasteiger partial charge in [0.25, 0.3) is 0 Å². The highest BCUT2D eigenvalue weighted by Gasteiger charge is 2.30. The van der Waals surface area contributed by atoms with Crippen molar-refractivity contribution in [1.29, 1.82) is 0 Å². The van der Waals surface area contributed by atoms with Gasteiger partial charge in [-0.2, -0.15) is 4.31 Å². The van der Waals surface area contributed by atoms with E-state index < -0.39 is 10.0 Å². The number of hydrogen-bond donors (Lipinski definition) is 1. The topological polar surface area (TPSA) is 79.4 Å². The molecule has 0 bridgehead atoms. The first-order valence-electron chi connectivity index (χ1n) is 8.13. The van der Waals surface area contributed by atoms with Gasteiger partial charge < -0.3 is 5.32 Å². The van der Waals surface area contributed by atoms with E-state index in [2.05, 4.69) is 10.3 Å². The number of carbonyl (C=O) groups is 1. The van der Waals surface area contributed by atoms with E-state index in [1.807, 2.05) is 20.8 Å². The van der Waals surface area contributed by atoms with E-state index in [1.165, 1.54) is 15.6 Å². The third kappa shape index (κ3) is 3.75. The van der Waals surface area contributed by atoms with Crippen molar-refractivity contribution in [3.8, 4) is 0 Å². The lowest BCUT2D eigenvalue weighted by Crippen LogP contribution is -2.35. The van der Waals surface area contributed by atoms with Crippen LogP contribution in [0.5, 0.6) is 0 Å². The summed E-state index contributed by atoms with van der Waals surface area (Å²) < 4.78 is 27.1. The van der Waals surface area contributed by atoms with E-state index in [1.54, 1.807) is 24.3 Å². The van der Waals surface area contributed by atoms with Gasteiger partial charge in [0.2, 0.25) is 15.9 Å². The molecule has 0 fully saturated rings. The molecular formula is C17H21N3O3S2. The Morgan fingerprint density at radius 3 is 2.60 bits per heavy atom. The fraction of sp³-hybridized carbons (Fsp3) is 0.412. The molecule has 134 valence electrons. The van der Waals surface area contributed by atoms with Crippen LogP contribution >= 0.6 is 11.3 Å². The molecule has 1 aromatic heterocycles. The van der Waals surface area contributed by atoms with Gasteiger partial charge in [-0.05, 0) is 19.1 Å². The number of rotatable bonds is 4. The number of benzene rings is 1. The summed E-state index contributed by atoms with van der Waals surface area (Å²) in [6, 6.07) is 6.88. The SMILES string of the molecule is Cc1ccc(S(=O)(=O)N2CCc3nc(NC(=O)C(C)C)sc3C2)cc1. The van der Waals surface area contributed by atoms with Crippen molar-refractivity contribution in [2.24, 2.45) is 5.92 Å². The predicted molar refractivity (Wildman–Crippen MR) is 98.1 cm³/mol. The summed E-state index contributed by atoms with van der Waals surface area (Å²) in [5.74, 6) is -0.213. The summed E-state index contributed by atoms with van der Waals surface area (Å²) in [7, 11) is -3.52. The van der Waals surface area contributed by atoms with Gasteiger partial charge in [0, 0.05) is 23.8 Å². The molecule has 1 N–H and O–H groups in total. The zero-order valence-electron chi connectivity index (χ0n) is 14.4. The molecule has 0 atom stereocenters. The lowest BCUT2D eigenvalue weighted by Gasteiger charge is -2.25. The van der Waals surface area contributed by atoms with Crippen LogP contribution in [0.4, 0.5) is 5.13 Å². The largest absolute Gasteiger partial charge is 0.302 e. The van der Waals surface area contributed by atoms with Crippen molar-refractivity contribution in [2.75, 3.05) is 11.9 Å². The monoisotopic (exact) mass is 379 g/mol. The minimum Gasteiger partial charge on any atom is -0.302 e. The summed E-state index contributed by atoms with van der Waals surface area (Å²) in [6.07, 6.45) is 0.550. The minimum absolute atomic E-state index is 0.0878. The van der Waals surface area contributed by atoms with E-state index >= 15 is 0 Å². The molecule has 1 aliphatic heterocycles. The highest BCUT2D eigenvalue weighted by Crippen LogP contribution is 2.31. The highest BCUT2D eigenvalue weighted by molar-refractivity contribution is 7.89. The molecular weight excluding hydrogens is 358 g/mol. The van der Waals surface area contributed by atoms with Crippen LogP contribution in [0.1, 0.15) is 30.0 Å². The van der Waals surface area contributed by atoms with Crippen LogP contribution in [0.15, 0.2) is 29.2 Å². The van der Waals surface area contributed by atoms with Gasteiger partial charge in [0.05, 0.1) is 17.1 Å². The second-order valence-electron chi connectivity index (χ2n) is 6.43. The molecule has 1 amide bonds. The van der Waals surface area contributed by atoms with Gasteiger partial charge in [0.15, 0.2) is 5.13 Å². The maximum atomic E-state index is 12.8. The van der Waals surface area contributed by atoms with E-state index in [4.69, 9.17) is 0 Å². The summed E-state index contributed by atoms with van der Waals surface area (Å²) in [4.78, 5) is 17.4. The first-order valence-corrected chi connectivity index (χ1v) is 10.4. The molecule has 0 saturated heterocycles. The first-order chi connectivity index (χ1) is 11.8. The molecule has 3 rings (SSSR count).